The molecule has 2 aliphatic rings. The Balaban J connectivity index is 1.45. The van der Waals surface area contributed by atoms with Gasteiger partial charge in [0.1, 0.15) is 0 Å². The SMILES string of the molecule is S=C(NCc1ccccc1)N/N=C1/C[C@H]2CC=C[C@H]12. The van der Waals surface area contributed by atoms with Gasteiger partial charge in [-0.15, -0.1) is 0 Å². The van der Waals surface area contributed by atoms with Crippen LogP contribution in [0.3, 0.4) is 0 Å². The molecule has 4 heteroatoms. The monoisotopic (exact) mass is 271 g/mol. The Bertz CT molecular complexity index is 521. The molecule has 0 aliphatic heterocycles. The van der Waals surface area contributed by atoms with Crippen LogP contribution in [0.1, 0.15) is 18.4 Å². The van der Waals surface area contributed by atoms with Gasteiger partial charge in [0.05, 0.1) is 0 Å². The first-order valence-corrected chi connectivity index (χ1v) is 7.04. The van der Waals surface area contributed by atoms with E-state index in [1.807, 2.05) is 18.2 Å². The second-order valence-electron chi connectivity index (χ2n) is 5.04. The van der Waals surface area contributed by atoms with E-state index in [2.05, 4.69) is 40.1 Å². The first-order chi connectivity index (χ1) is 9.33. The number of nitrogens with one attached hydrogen (secondary N) is 2. The van der Waals surface area contributed by atoms with Gasteiger partial charge in [-0.3, -0.25) is 5.43 Å². The molecule has 0 radical (unpaired) electrons. The second-order valence-corrected chi connectivity index (χ2v) is 5.45. The molecule has 0 unspecified atom stereocenters. The molecule has 3 nitrogen and oxygen atoms in total. The smallest absolute Gasteiger partial charge is 0.187 e. The number of thiocarbonyl (C=S) groups is 1. The molecule has 1 saturated carbocycles. The summed E-state index contributed by atoms with van der Waals surface area (Å²) in [6, 6.07) is 10.2. The number of allylic oxidation sites excluding steroid dienone is 2. The molecule has 0 amide bonds. The van der Waals surface area contributed by atoms with E-state index in [0.717, 1.165) is 18.9 Å². The van der Waals surface area contributed by atoms with Gasteiger partial charge in [0.25, 0.3) is 0 Å². The highest BCUT2D eigenvalue weighted by Crippen LogP contribution is 2.40. The zero-order valence-electron chi connectivity index (χ0n) is 10.7. The van der Waals surface area contributed by atoms with Crippen LogP contribution >= 0.6 is 12.2 Å². The Labute approximate surface area is 118 Å². The summed E-state index contributed by atoms with van der Waals surface area (Å²) in [5, 5.41) is 8.14. The van der Waals surface area contributed by atoms with Crippen molar-refractivity contribution in [2.75, 3.05) is 0 Å². The standard InChI is InChI=1S/C15H17N3S/c19-15(16-10-11-5-2-1-3-6-11)18-17-14-9-12-7-4-8-13(12)14/h1-6,8,12-13H,7,9-10H2,(H2,16,18,19)/b17-14-/t12-,13+/m1/s1. The molecule has 0 bridgehead atoms. The maximum atomic E-state index is 5.22. The lowest BCUT2D eigenvalue weighted by Crippen LogP contribution is -2.38. The van der Waals surface area contributed by atoms with Crippen molar-refractivity contribution in [3.63, 3.8) is 0 Å². The molecule has 2 aliphatic carbocycles. The highest BCUT2D eigenvalue weighted by molar-refractivity contribution is 7.80. The van der Waals surface area contributed by atoms with Gasteiger partial charge in [0, 0.05) is 18.2 Å². The van der Waals surface area contributed by atoms with Crippen molar-refractivity contribution in [1.82, 2.24) is 10.7 Å². The fourth-order valence-corrected chi connectivity index (χ4v) is 2.72. The fraction of sp³-hybridized carbons (Fsp3) is 0.333. The quantitative estimate of drug-likeness (QED) is 0.504. The van der Waals surface area contributed by atoms with E-state index in [-0.39, 0.29) is 0 Å². The van der Waals surface area contributed by atoms with Crippen LogP contribution in [0.4, 0.5) is 0 Å². The molecule has 0 spiro atoms. The highest BCUT2D eigenvalue weighted by Gasteiger charge is 2.37. The molecule has 2 atom stereocenters. The molecule has 1 aromatic rings. The summed E-state index contributed by atoms with van der Waals surface area (Å²) >= 11 is 5.22. The lowest BCUT2D eigenvalue weighted by molar-refractivity contribution is 0.444. The van der Waals surface area contributed by atoms with Gasteiger partial charge in [-0.1, -0.05) is 42.5 Å². The number of fused-ring (bicyclic) bond motifs is 1. The summed E-state index contributed by atoms with van der Waals surface area (Å²) in [6.45, 7) is 0.726. The minimum absolute atomic E-state index is 0.560. The normalized spacial score (nSPS) is 25.8. The average Bonchev–Trinajstić information content (AvgIpc) is 2.79. The van der Waals surface area contributed by atoms with Crippen LogP contribution in [0, 0.1) is 11.8 Å². The summed E-state index contributed by atoms with van der Waals surface area (Å²) in [5.41, 5.74) is 5.38. The van der Waals surface area contributed by atoms with E-state index < -0.39 is 0 Å². The predicted octanol–water partition coefficient (Wildman–Crippen LogP) is 2.60. The third-order valence-electron chi connectivity index (χ3n) is 3.74. The molecular formula is C15H17N3S. The van der Waals surface area contributed by atoms with Crippen LogP contribution < -0.4 is 10.7 Å². The van der Waals surface area contributed by atoms with Crippen molar-refractivity contribution in [2.45, 2.75) is 19.4 Å². The fourth-order valence-electron chi connectivity index (χ4n) is 2.60. The van der Waals surface area contributed by atoms with Crippen molar-refractivity contribution in [3.8, 4) is 0 Å². The van der Waals surface area contributed by atoms with Crippen LogP contribution in [0.25, 0.3) is 0 Å². The predicted molar refractivity (Wildman–Crippen MR) is 81.8 cm³/mol. The summed E-state index contributed by atoms with van der Waals surface area (Å²) in [5.74, 6) is 1.36. The van der Waals surface area contributed by atoms with E-state index in [4.69, 9.17) is 12.2 Å². The summed E-state index contributed by atoms with van der Waals surface area (Å²) in [4.78, 5) is 0. The van der Waals surface area contributed by atoms with E-state index in [9.17, 15) is 0 Å². The first-order valence-electron chi connectivity index (χ1n) is 6.64. The summed E-state index contributed by atoms with van der Waals surface area (Å²) in [7, 11) is 0. The highest BCUT2D eigenvalue weighted by atomic mass is 32.1. The van der Waals surface area contributed by atoms with Crippen LogP contribution in [-0.4, -0.2) is 10.8 Å². The van der Waals surface area contributed by atoms with Crippen LogP contribution in [-0.2, 0) is 6.54 Å². The van der Waals surface area contributed by atoms with E-state index in [1.165, 1.54) is 17.7 Å². The Morgan fingerprint density at radius 1 is 1.32 bits per heavy atom. The Morgan fingerprint density at radius 3 is 2.95 bits per heavy atom. The molecule has 0 heterocycles. The van der Waals surface area contributed by atoms with Gasteiger partial charge in [-0.05, 0) is 36.5 Å². The molecule has 19 heavy (non-hydrogen) atoms. The Kier molecular flexibility index (Phi) is 3.60. The van der Waals surface area contributed by atoms with Gasteiger partial charge < -0.3 is 5.32 Å². The van der Waals surface area contributed by atoms with Crippen molar-refractivity contribution in [3.05, 3.63) is 48.0 Å². The topological polar surface area (TPSA) is 36.4 Å². The van der Waals surface area contributed by atoms with Crippen molar-refractivity contribution < 1.29 is 0 Å². The van der Waals surface area contributed by atoms with E-state index in [1.54, 1.807) is 0 Å². The number of rotatable bonds is 3. The number of hydrogen-bond acceptors (Lipinski definition) is 2. The van der Waals surface area contributed by atoms with Crippen molar-refractivity contribution >= 4 is 23.0 Å². The Hall–Kier alpha value is -1.68. The number of benzene rings is 1. The zero-order chi connectivity index (χ0) is 13.1. The van der Waals surface area contributed by atoms with Gasteiger partial charge in [-0.25, -0.2) is 0 Å². The Morgan fingerprint density at radius 2 is 2.16 bits per heavy atom. The summed E-state index contributed by atoms with van der Waals surface area (Å²) < 4.78 is 0. The molecule has 3 rings (SSSR count). The van der Waals surface area contributed by atoms with Gasteiger partial charge in [-0.2, -0.15) is 5.10 Å². The third kappa shape index (κ3) is 2.84. The molecule has 0 aromatic heterocycles. The minimum atomic E-state index is 0.560. The number of hydrogen-bond donors (Lipinski definition) is 2. The molecule has 2 N–H and O–H groups in total. The van der Waals surface area contributed by atoms with Gasteiger partial charge in [0.2, 0.25) is 0 Å². The molecule has 0 saturated heterocycles. The van der Waals surface area contributed by atoms with E-state index >= 15 is 0 Å². The van der Waals surface area contributed by atoms with Crippen LogP contribution in [0.5, 0.6) is 0 Å². The van der Waals surface area contributed by atoms with Crippen LogP contribution in [0.15, 0.2) is 47.6 Å². The third-order valence-corrected chi connectivity index (χ3v) is 3.98. The average molecular weight is 271 g/mol. The van der Waals surface area contributed by atoms with Crippen LogP contribution in [0.2, 0.25) is 0 Å². The number of nitrogens with zero attached hydrogens (tertiary/aromatic N) is 1. The zero-order valence-corrected chi connectivity index (χ0v) is 11.5. The summed E-state index contributed by atoms with van der Waals surface area (Å²) in [6.07, 6.45) is 6.82. The maximum absolute atomic E-state index is 5.22. The number of hydrazone groups is 1. The van der Waals surface area contributed by atoms with Crippen molar-refractivity contribution in [2.24, 2.45) is 16.9 Å². The molecule has 98 valence electrons. The van der Waals surface area contributed by atoms with E-state index in [0.29, 0.717) is 11.0 Å². The second kappa shape index (κ2) is 5.53. The van der Waals surface area contributed by atoms with Crippen molar-refractivity contribution in [1.29, 1.82) is 0 Å². The minimum Gasteiger partial charge on any atom is -0.357 e. The maximum Gasteiger partial charge on any atom is 0.187 e. The molecule has 1 aromatic carbocycles. The van der Waals surface area contributed by atoms with Gasteiger partial charge >= 0.3 is 0 Å². The first kappa shape index (κ1) is 12.4. The lowest BCUT2D eigenvalue weighted by Gasteiger charge is -2.31. The molecule has 1 fully saturated rings. The largest absolute Gasteiger partial charge is 0.357 e. The van der Waals surface area contributed by atoms with Gasteiger partial charge in [0.15, 0.2) is 5.11 Å². The molecular weight excluding hydrogens is 254 g/mol. The lowest BCUT2D eigenvalue weighted by atomic mass is 9.74.